The number of benzene rings is 1. The van der Waals surface area contributed by atoms with Crippen LogP contribution in [0.25, 0.3) is 0 Å². The predicted octanol–water partition coefficient (Wildman–Crippen LogP) is 3.48. The molecule has 0 radical (unpaired) electrons. The number of carboxylic acids is 1. The van der Waals surface area contributed by atoms with Crippen LogP contribution in [0.2, 0.25) is 0 Å². The molecule has 2 aromatic rings. The Bertz CT molecular complexity index is 674. The summed E-state index contributed by atoms with van der Waals surface area (Å²) in [4.78, 5) is 22.2. The number of rotatable bonds is 6. The highest BCUT2D eigenvalue weighted by molar-refractivity contribution is 7.98. The SMILES string of the molecule is COc1ccc(C(C)=O)cc1CSc1ccc(C(=O)O)o1. The van der Waals surface area contributed by atoms with Gasteiger partial charge in [0.2, 0.25) is 5.76 Å². The first-order chi connectivity index (χ1) is 10.0. The van der Waals surface area contributed by atoms with Gasteiger partial charge >= 0.3 is 5.97 Å². The van der Waals surface area contributed by atoms with E-state index in [9.17, 15) is 9.59 Å². The molecule has 0 bridgehead atoms. The highest BCUT2D eigenvalue weighted by Crippen LogP contribution is 2.30. The van der Waals surface area contributed by atoms with Crippen molar-refractivity contribution in [3.63, 3.8) is 0 Å². The van der Waals surface area contributed by atoms with Crippen molar-refractivity contribution in [3.8, 4) is 5.75 Å². The van der Waals surface area contributed by atoms with Crippen molar-refractivity contribution in [3.05, 3.63) is 47.2 Å². The Morgan fingerprint density at radius 3 is 2.62 bits per heavy atom. The number of hydrogen-bond acceptors (Lipinski definition) is 5. The van der Waals surface area contributed by atoms with Crippen molar-refractivity contribution < 1.29 is 23.8 Å². The van der Waals surface area contributed by atoms with Crippen molar-refractivity contribution in [2.75, 3.05) is 7.11 Å². The summed E-state index contributed by atoms with van der Waals surface area (Å²) in [6, 6.07) is 8.25. The maximum Gasteiger partial charge on any atom is 0.371 e. The molecule has 110 valence electrons. The van der Waals surface area contributed by atoms with Crippen LogP contribution in [0, 0.1) is 0 Å². The number of carbonyl (C=O) groups excluding carboxylic acids is 1. The molecule has 0 aliphatic carbocycles. The molecule has 6 heteroatoms. The molecule has 0 spiro atoms. The predicted molar refractivity (Wildman–Crippen MR) is 78.2 cm³/mol. The van der Waals surface area contributed by atoms with E-state index >= 15 is 0 Å². The molecule has 0 amide bonds. The normalized spacial score (nSPS) is 10.4. The molecule has 0 atom stereocenters. The molecule has 1 aromatic carbocycles. The van der Waals surface area contributed by atoms with Crippen LogP contribution < -0.4 is 4.74 Å². The Hall–Kier alpha value is -2.21. The number of ketones is 1. The van der Waals surface area contributed by atoms with Gasteiger partial charge in [0.05, 0.1) is 7.11 Å². The number of aromatic carboxylic acids is 1. The molecule has 5 nitrogen and oxygen atoms in total. The minimum atomic E-state index is -1.10. The van der Waals surface area contributed by atoms with Crippen LogP contribution in [0.15, 0.2) is 39.8 Å². The van der Waals surface area contributed by atoms with Gasteiger partial charge in [0.1, 0.15) is 5.75 Å². The summed E-state index contributed by atoms with van der Waals surface area (Å²) in [5, 5.41) is 9.31. The summed E-state index contributed by atoms with van der Waals surface area (Å²) < 4.78 is 10.4. The second-order valence-corrected chi connectivity index (χ2v) is 5.28. The summed E-state index contributed by atoms with van der Waals surface area (Å²) in [6.45, 7) is 1.50. The van der Waals surface area contributed by atoms with Gasteiger partial charge in [-0.15, -0.1) is 0 Å². The summed E-state index contributed by atoms with van der Waals surface area (Å²) >= 11 is 1.34. The fraction of sp³-hybridized carbons (Fsp3) is 0.200. The van der Waals surface area contributed by atoms with Crippen LogP contribution in [-0.2, 0) is 5.75 Å². The van der Waals surface area contributed by atoms with E-state index < -0.39 is 5.97 Å². The first-order valence-electron chi connectivity index (χ1n) is 6.15. The number of Topliss-reactive ketones (excluding diaryl/α,β-unsaturated/α-hetero) is 1. The average Bonchev–Trinajstić information content (AvgIpc) is 2.93. The molecule has 0 aliphatic heterocycles. The number of carboxylic acid groups (broad SMARTS) is 1. The zero-order chi connectivity index (χ0) is 15.4. The highest BCUT2D eigenvalue weighted by Gasteiger charge is 2.12. The van der Waals surface area contributed by atoms with Gasteiger partial charge in [0.25, 0.3) is 0 Å². The third-order valence-corrected chi connectivity index (χ3v) is 3.81. The van der Waals surface area contributed by atoms with Crippen molar-refractivity contribution in [2.24, 2.45) is 0 Å². The highest BCUT2D eigenvalue weighted by atomic mass is 32.2. The van der Waals surface area contributed by atoms with Crippen LogP contribution in [-0.4, -0.2) is 24.0 Å². The smallest absolute Gasteiger partial charge is 0.371 e. The van der Waals surface area contributed by atoms with Gasteiger partial charge in [-0.3, -0.25) is 4.79 Å². The van der Waals surface area contributed by atoms with E-state index in [0.29, 0.717) is 22.2 Å². The largest absolute Gasteiger partial charge is 0.496 e. The van der Waals surface area contributed by atoms with Crippen LogP contribution in [0.3, 0.4) is 0 Å². The van der Waals surface area contributed by atoms with E-state index in [1.807, 2.05) is 0 Å². The molecule has 0 fully saturated rings. The van der Waals surface area contributed by atoms with Crippen LogP contribution >= 0.6 is 11.8 Å². The van der Waals surface area contributed by atoms with Crippen molar-refractivity contribution >= 4 is 23.5 Å². The summed E-state index contributed by atoms with van der Waals surface area (Å²) in [5.41, 5.74) is 1.46. The van der Waals surface area contributed by atoms with E-state index in [2.05, 4.69) is 0 Å². The van der Waals surface area contributed by atoms with Gasteiger partial charge in [-0.05, 0) is 37.3 Å². The lowest BCUT2D eigenvalue weighted by atomic mass is 10.1. The summed E-state index contributed by atoms with van der Waals surface area (Å²) in [7, 11) is 1.56. The second-order valence-electron chi connectivity index (χ2n) is 4.30. The van der Waals surface area contributed by atoms with Crippen molar-refractivity contribution in [2.45, 2.75) is 17.8 Å². The molecular formula is C15H14O5S. The topological polar surface area (TPSA) is 76.7 Å². The van der Waals surface area contributed by atoms with Gasteiger partial charge in [0, 0.05) is 16.9 Å². The minimum absolute atomic E-state index is 0.0185. The molecule has 0 aliphatic rings. The fourth-order valence-electron chi connectivity index (χ4n) is 1.77. The minimum Gasteiger partial charge on any atom is -0.496 e. The van der Waals surface area contributed by atoms with E-state index in [-0.39, 0.29) is 11.5 Å². The Labute approximate surface area is 125 Å². The molecular weight excluding hydrogens is 292 g/mol. The zero-order valence-electron chi connectivity index (χ0n) is 11.6. The Morgan fingerprint density at radius 1 is 1.29 bits per heavy atom. The van der Waals surface area contributed by atoms with Gasteiger partial charge in [-0.1, -0.05) is 11.8 Å². The molecule has 0 saturated carbocycles. The molecule has 1 N–H and O–H groups in total. The quantitative estimate of drug-likeness (QED) is 0.650. The maximum atomic E-state index is 11.4. The molecule has 1 aromatic heterocycles. The number of furan rings is 1. The number of methoxy groups -OCH3 is 1. The number of thioether (sulfide) groups is 1. The number of hydrogen-bond donors (Lipinski definition) is 1. The van der Waals surface area contributed by atoms with E-state index in [1.165, 1.54) is 24.8 Å². The average molecular weight is 306 g/mol. The molecule has 0 saturated heterocycles. The summed E-state index contributed by atoms with van der Waals surface area (Å²) in [5.74, 6) is -0.0239. The lowest BCUT2D eigenvalue weighted by Gasteiger charge is -2.08. The monoisotopic (exact) mass is 306 g/mol. The lowest BCUT2D eigenvalue weighted by Crippen LogP contribution is -1.96. The Balaban J connectivity index is 2.15. The first-order valence-corrected chi connectivity index (χ1v) is 7.13. The molecule has 21 heavy (non-hydrogen) atoms. The van der Waals surface area contributed by atoms with Gasteiger partial charge in [-0.25, -0.2) is 4.79 Å². The molecule has 1 heterocycles. The second kappa shape index (κ2) is 6.49. The van der Waals surface area contributed by atoms with Gasteiger partial charge in [-0.2, -0.15) is 0 Å². The fourth-order valence-corrected chi connectivity index (χ4v) is 2.61. The summed E-state index contributed by atoms with van der Waals surface area (Å²) in [6.07, 6.45) is 0. The van der Waals surface area contributed by atoms with Gasteiger partial charge in [0.15, 0.2) is 10.9 Å². The van der Waals surface area contributed by atoms with E-state index in [4.69, 9.17) is 14.3 Å². The molecule has 2 rings (SSSR count). The Morgan fingerprint density at radius 2 is 2.05 bits per heavy atom. The van der Waals surface area contributed by atoms with Crippen LogP contribution in [0.5, 0.6) is 5.75 Å². The van der Waals surface area contributed by atoms with E-state index in [1.54, 1.807) is 31.4 Å². The third kappa shape index (κ3) is 3.66. The van der Waals surface area contributed by atoms with Crippen LogP contribution in [0.4, 0.5) is 0 Å². The number of ether oxygens (including phenoxy) is 1. The van der Waals surface area contributed by atoms with Crippen molar-refractivity contribution in [1.29, 1.82) is 0 Å². The Kier molecular flexibility index (Phi) is 4.70. The number of carbonyl (C=O) groups is 2. The molecule has 0 unspecified atom stereocenters. The van der Waals surface area contributed by atoms with E-state index in [0.717, 1.165) is 5.56 Å². The zero-order valence-corrected chi connectivity index (χ0v) is 12.4. The first kappa shape index (κ1) is 15.2. The standard InChI is InChI=1S/C15H14O5S/c1-9(16)10-3-4-12(19-2)11(7-10)8-21-14-6-5-13(20-14)15(17)18/h3-7H,8H2,1-2H3,(H,17,18). The van der Waals surface area contributed by atoms with Crippen LogP contribution in [0.1, 0.15) is 33.4 Å². The van der Waals surface area contributed by atoms with Gasteiger partial charge < -0.3 is 14.3 Å². The maximum absolute atomic E-state index is 11.4. The third-order valence-electron chi connectivity index (χ3n) is 2.85. The van der Waals surface area contributed by atoms with Crippen molar-refractivity contribution in [1.82, 2.24) is 0 Å². The lowest BCUT2D eigenvalue weighted by molar-refractivity contribution is 0.0656.